The van der Waals surface area contributed by atoms with Crippen LogP contribution in [0.4, 0.5) is 10.5 Å². The molecule has 2 aliphatic rings. The zero-order valence-electron chi connectivity index (χ0n) is 14.7. The van der Waals surface area contributed by atoms with Crippen molar-refractivity contribution in [3.8, 4) is 0 Å². The molecule has 0 aliphatic heterocycles. The summed E-state index contributed by atoms with van der Waals surface area (Å²) >= 11 is 0. The molecular formula is C21H23N3O2. The maximum absolute atomic E-state index is 12.8. The van der Waals surface area contributed by atoms with Gasteiger partial charge in [-0.05, 0) is 49.4 Å². The number of hydrogen-bond acceptors (Lipinski definition) is 2. The molecule has 26 heavy (non-hydrogen) atoms. The van der Waals surface area contributed by atoms with Crippen molar-refractivity contribution in [3.05, 3.63) is 65.7 Å². The van der Waals surface area contributed by atoms with Gasteiger partial charge in [0.15, 0.2) is 0 Å². The molecule has 2 fully saturated rings. The second-order valence-electron chi connectivity index (χ2n) is 7.10. The Morgan fingerprint density at radius 3 is 2.42 bits per heavy atom. The monoisotopic (exact) mass is 349 g/mol. The summed E-state index contributed by atoms with van der Waals surface area (Å²) < 4.78 is 0. The third-order valence-corrected chi connectivity index (χ3v) is 4.73. The first kappa shape index (κ1) is 16.6. The molecule has 4 rings (SSSR count). The molecule has 2 aliphatic carbocycles. The molecule has 2 N–H and O–H groups in total. The highest BCUT2D eigenvalue weighted by Gasteiger charge is 2.32. The first-order valence-corrected chi connectivity index (χ1v) is 9.21. The minimum Gasteiger partial charge on any atom is -0.349 e. The summed E-state index contributed by atoms with van der Waals surface area (Å²) in [4.78, 5) is 26.9. The third kappa shape index (κ3) is 4.23. The number of urea groups is 1. The van der Waals surface area contributed by atoms with Gasteiger partial charge in [0.1, 0.15) is 0 Å². The topological polar surface area (TPSA) is 61.4 Å². The molecule has 0 aromatic heterocycles. The quantitative estimate of drug-likeness (QED) is 0.834. The second kappa shape index (κ2) is 7.20. The van der Waals surface area contributed by atoms with Crippen LogP contribution >= 0.6 is 0 Å². The van der Waals surface area contributed by atoms with Crippen LogP contribution in [0.2, 0.25) is 0 Å². The lowest BCUT2D eigenvalue weighted by Gasteiger charge is -2.23. The van der Waals surface area contributed by atoms with Gasteiger partial charge in [-0.15, -0.1) is 0 Å². The van der Waals surface area contributed by atoms with Crippen molar-refractivity contribution >= 4 is 17.6 Å². The maximum atomic E-state index is 12.8. The van der Waals surface area contributed by atoms with Crippen molar-refractivity contribution in [2.45, 2.75) is 44.3 Å². The minimum absolute atomic E-state index is 0.0769. The van der Waals surface area contributed by atoms with Crippen LogP contribution in [0.5, 0.6) is 0 Å². The van der Waals surface area contributed by atoms with Gasteiger partial charge in [0.05, 0.1) is 0 Å². The maximum Gasteiger partial charge on any atom is 0.322 e. The lowest BCUT2D eigenvalue weighted by Crippen LogP contribution is -2.36. The van der Waals surface area contributed by atoms with Gasteiger partial charge in [-0.1, -0.05) is 36.4 Å². The summed E-state index contributed by atoms with van der Waals surface area (Å²) in [6.45, 7) is 0.596. The van der Waals surface area contributed by atoms with Gasteiger partial charge in [0.25, 0.3) is 5.91 Å². The number of carbonyl (C=O) groups is 2. The van der Waals surface area contributed by atoms with Crippen LogP contribution in [0.15, 0.2) is 54.6 Å². The Balaban J connectivity index is 1.43. The number of nitrogens with one attached hydrogen (secondary N) is 2. The van der Waals surface area contributed by atoms with E-state index >= 15 is 0 Å². The summed E-state index contributed by atoms with van der Waals surface area (Å²) in [7, 11) is 0. The molecule has 2 aromatic carbocycles. The SMILES string of the molecule is O=C(NC1CC1)c1cccc(NC(=O)N(Cc2ccccc2)C2CC2)c1. The molecule has 0 saturated heterocycles. The highest BCUT2D eigenvalue weighted by Crippen LogP contribution is 2.29. The molecule has 0 spiro atoms. The van der Waals surface area contributed by atoms with Crippen LogP contribution < -0.4 is 10.6 Å². The van der Waals surface area contributed by atoms with E-state index in [9.17, 15) is 9.59 Å². The standard InChI is InChI=1S/C21H23N3O2/c25-20(22-17-9-10-17)16-7-4-8-18(13-16)23-21(26)24(19-11-12-19)14-15-5-2-1-3-6-15/h1-8,13,17,19H,9-12,14H2,(H,22,25)(H,23,26). The van der Waals surface area contributed by atoms with Gasteiger partial charge in [-0.25, -0.2) is 4.79 Å². The van der Waals surface area contributed by atoms with Gasteiger partial charge < -0.3 is 15.5 Å². The Kier molecular flexibility index (Phi) is 4.61. The molecule has 134 valence electrons. The lowest BCUT2D eigenvalue weighted by atomic mass is 10.2. The largest absolute Gasteiger partial charge is 0.349 e. The molecule has 2 aromatic rings. The normalized spacial score (nSPS) is 16.0. The van der Waals surface area contributed by atoms with Crippen LogP contribution in [0.3, 0.4) is 0 Å². The molecule has 0 radical (unpaired) electrons. The number of anilines is 1. The van der Waals surface area contributed by atoms with Crippen molar-refractivity contribution in [3.63, 3.8) is 0 Å². The van der Waals surface area contributed by atoms with Crippen LogP contribution in [0.25, 0.3) is 0 Å². The fourth-order valence-electron chi connectivity index (χ4n) is 2.96. The van der Waals surface area contributed by atoms with Gasteiger partial charge in [-0.2, -0.15) is 0 Å². The Morgan fingerprint density at radius 1 is 0.962 bits per heavy atom. The molecule has 0 heterocycles. The van der Waals surface area contributed by atoms with Gasteiger partial charge >= 0.3 is 6.03 Å². The van der Waals surface area contributed by atoms with Crippen LogP contribution in [0, 0.1) is 0 Å². The number of amides is 3. The Morgan fingerprint density at radius 2 is 1.73 bits per heavy atom. The molecule has 2 saturated carbocycles. The Hall–Kier alpha value is -2.82. The van der Waals surface area contributed by atoms with Crippen molar-refractivity contribution < 1.29 is 9.59 Å². The summed E-state index contributed by atoms with van der Waals surface area (Å²) in [6, 6.07) is 17.7. The van der Waals surface area contributed by atoms with Gasteiger partial charge in [-0.3, -0.25) is 4.79 Å². The minimum atomic E-state index is -0.115. The van der Waals surface area contributed by atoms with Crippen LogP contribution in [0.1, 0.15) is 41.6 Å². The van der Waals surface area contributed by atoms with Crippen molar-refractivity contribution in [1.82, 2.24) is 10.2 Å². The molecule has 0 atom stereocenters. The first-order chi connectivity index (χ1) is 12.7. The van der Waals surface area contributed by atoms with E-state index in [0.29, 0.717) is 29.9 Å². The third-order valence-electron chi connectivity index (χ3n) is 4.73. The van der Waals surface area contributed by atoms with Crippen LogP contribution in [-0.4, -0.2) is 28.9 Å². The molecule has 0 bridgehead atoms. The van der Waals surface area contributed by atoms with E-state index in [1.165, 1.54) is 0 Å². The zero-order chi connectivity index (χ0) is 17.9. The van der Waals surface area contributed by atoms with E-state index < -0.39 is 0 Å². The number of nitrogens with zero attached hydrogens (tertiary/aromatic N) is 1. The molecule has 5 heteroatoms. The fourth-order valence-corrected chi connectivity index (χ4v) is 2.96. The molecule has 0 unspecified atom stereocenters. The summed E-state index contributed by atoms with van der Waals surface area (Å²) in [5.74, 6) is -0.0769. The molecular weight excluding hydrogens is 326 g/mol. The number of rotatable bonds is 6. The second-order valence-corrected chi connectivity index (χ2v) is 7.10. The summed E-state index contributed by atoms with van der Waals surface area (Å²) in [6.07, 6.45) is 4.20. The lowest BCUT2D eigenvalue weighted by molar-refractivity contribution is 0.0951. The predicted molar refractivity (Wildman–Crippen MR) is 101 cm³/mol. The van der Waals surface area contributed by atoms with E-state index in [-0.39, 0.29) is 11.9 Å². The average Bonchev–Trinajstić information content (AvgIpc) is 3.55. The van der Waals surface area contributed by atoms with Gasteiger partial charge in [0.2, 0.25) is 0 Å². The zero-order valence-corrected chi connectivity index (χ0v) is 14.7. The molecule has 5 nitrogen and oxygen atoms in total. The van der Waals surface area contributed by atoms with Crippen LogP contribution in [-0.2, 0) is 6.54 Å². The number of hydrogen-bond donors (Lipinski definition) is 2. The fraction of sp³-hybridized carbons (Fsp3) is 0.333. The summed E-state index contributed by atoms with van der Waals surface area (Å²) in [5, 5.41) is 5.93. The first-order valence-electron chi connectivity index (χ1n) is 9.21. The van der Waals surface area contributed by atoms with E-state index in [1.54, 1.807) is 18.2 Å². The average molecular weight is 349 g/mol. The smallest absolute Gasteiger partial charge is 0.322 e. The van der Waals surface area contributed by atoms with Crippen molar-refractivity contribution in [2.75, 3.05) is 5.32 Å². The van der Waals surface area contributed by atoms with Gasteiger partial charge in [0, 0.05) is 29.9 Å². The van der Waals surface area contributed by atoms with E-state index in [0.717, 1.165) is 31.2 Å². The van der Waals surface area contributed by atoms with Crippen molar-refractivity contribution in [2.24, 2.45) is 0 Å². The highest BCUT2D eigenvalue weighted by molar-refractivity contribution is 5.97. The van der Waals surface area contributed by atoms with Crippen molar-refractivity contribution in [1.29, 1.82) is 0 Å². The number of carbonyl (C=O) groups excluding carboxylic acids is 2. The highest BCUT2D eigenvalue weighted by atomic mass is 16.2. The van der Waals surface area contributed by atoms with E-state index in [1.807, 2.05) is 41.3 Å². The molecule has 3 amide bonds. The van der Waals surface area contributed by atoms with E-state index in [4.69, 9.17) is 0 Å². The predicted octanol–water partition coefficient (Wildman–Crippen LogP) is 3.78. The number of benzene rings is 2. The Bertz CT molecular complexity index is 798. The van der Waals surface area contributed by atoms with E-state index in [2.05, 4.69) is 10.6 Å². The summed E-state index contributed by atoms with van der Waals surface area (Å²) in [5.41, 5.74) is 2.35. The Labute approximate surface area is 153 Å².